The van der Waals surface area contributed by atoms with Crippen molar-refractivity contribution in [3.8, 4) is 0 Å². The molecule has 1 unspecified atom stereocenters. The molecule has 2 N–H and O–H groups in total. The Bertz CT molecular complexity index is 446. The van der Waals surface area contributed by atoms with E-state index in [9.17, 15) is 0 Å². The van der Waals surface area contributed by atoms with Crippen molar-refractivity contribution in [2.45, 2.75) is 76.4 Å². The molecule has 1 atom stereocenters. The first-order valence-corrected chi connectivity index (χ1v) is 8.43. The van der Waals surface area contributed by atoms with Crippen molar-refractivity contribution in [2.24, 2.45) is 11.7 Å². The average molecular weight is 293 g/mol. The second kappa shape index (κ2) is 6.44. The predicted octanol–water partition coefficient (Wildman–Crippen LogP) is 2.94. The van der Waals surface area contributed by atoms with Gasteiger partial charge in [-0.15, -0.1) is 0 Å². The summed E-state index contributed by atoms with van der Waals surface area (Å²) in [7, 11) is 0. The van der Waals surface area contributed by atoms with Crippen molar-refractivity contribution >= 4 is 0 Å². The van der Waals surface area contributed by atoms with Gasteiger partial charge in [-0.3, -0.25) is 0 Å². The van der Waals surface area contributed by atoms with Crippen molar-refractivity contribution in [3.05, 3.63) is 11.7 Å². The van der Waals surface area contributed by atoms with Gasteiger partial charge in [0, 0.05) is 13.0 Å². The van der Waals surface area contributed by atoms with E-state index in [1.807, 2.05) is 0 Å². The molecule has 1 saturated carbocycles. The molecule has 1 saturated heterocycles. The Balaban J connectivity index is 1.56. The summed E-state index contributed by atoms with van der Waals surface area (Å²) >= 11 is 0. The van der Waals surface area contributed by atoms with Crippen molar-refractivity contribution in [2.75, 3.05) is 6.61 Å². The van der Waals surface area contributed by atoms with E-state index >= 15 is 0 Å². The highest BCUT2D eigenvalue weighted by Crippen LogP contribution is 2.37. The molecule has 0 aromatic carbocycles. The van der Waals surface area contributed by atoms with Crippen LogP contribution < -0.4 is 5.73 Å². The Labute approximate surface area is 126 Å². The molecular formula is C16H27N3O2. The number of hydrogen-bond donors (Lipinski definition) is 1. The second-order valence-corrected chi connectivity index (χ2v) is 6.69. The van der Waals surface area contributed by atoms with Crippen LogP contribution in [0.1, 0.15) is 70.0 Å². The molecule has 2 fully saturated rings. The highest BCUT2D eigenvalue weighted by molar-refractivity contribution is 5.06. The maximum Gasteiger partial charge on any atom is 0.226 e. The van der Waals surface area contributed by atoms with Crippen LogP contribution in [0.15, 0.2) is 4.52 Å². The highest BCUT2D eigenvalue weighted by atomic mass is 16.5. The zero-order valence-electron chi connectivity index (χ0n) is 13.0. The van der Waals surface area contributed by atoms with E-state index in [0.29, 0.717) is 17.8 Å². The summed E-state index contributed by atoms with van der Waals surface area (Å²) in [5.74, 6) is 2.23. The maximum atomic E-state index is 6.52. The Morgan fingerprint density at radius 3 is 2.76 bits per heavy atom. The Morgan fingerprint density at radius 1 is 1.29 bits per heavy atom. The van der Waals surface area contributed by atoms with Crippen LogP contribution in [0.3, 0.4) is 0 Å². The molecule has 1 aliphatic heterocycles. The number of ether oxygens (including phenoxy) is 1. The van der Waals surface area contributed by atoms with E-state index in [2.05, 4.69) is 17.1 Å². The molecule has 0 bridgehead atoms. The van der Waals surface area contributed by atoms with Gasteiger partial charge in [0.25, 0.3) is 0 Å². The molecule has 1 aromatic heterocycles. The van der Waals surface area contributed by atoms with Crippen LogP contribution in [0.5, 0.6) is 0 Å². The number of nitrogens with two attached hydrogens (primary N) is 1. The van der Waals surface area contributed by atoms with Crippen molar-refractivity contribution < 1.29 is 9.26 Å². The molecule has 3 rings (SSSR count). The van der Waals surface area contributed by atoms with E-state index in [4.69, 9.17) is 15.0 Å². The monoisotopic (exact) mass is 293 g/mol. The normalized spacial score (nSPS) is 33.4. The van der Waals surface area contributed by atoms with E-state index in [1.165, 1.54) is 25.7 Å². The topological polar surface area (TPSA) is 74.2 Å². The number of hydrogen-bond acceptors (Lipinski definition) is 5. The predicted molar refractivity (Wildman–Crippen MR) is 79.7 cm³/mol. The third kappa shape index (κ3) is 3.46. The number of aryl methyl sites for hydroxylation is 1. The molecule has 2 aliphatic rings. The third-order valence-corrected chi connectivity index (χ3v) is 5.19. The summed E-state index contributed by atoms with van der Waals surface area (Å²) in [6.07, 6.45) is 9.99. The zero-order valence-corrected chi connectivity index (χ0v) is 13.0. The van der Waals surface area contributed by atoms with Gasteiger partial charge in [0.2, 0.25) is 5.89 Å². The van der Waals surface area contributed by atoms with Gasteiger partial charge in [-0.25, -0.2) is 0 Å². The van der Waals surface area contributed by atoms with Crippen molar-refractivity contribution in [1.82, 2.24) is 10.1 Å². The lowest BCUT2D eigenvalue weighted by atomic mass is 9.76. The molecule has 21 heavy (non-hydrogen) atoms. The molecular weight excluding hydrogens is 266 g/mol. The average Bonchev–Trinajstić information content (AvgIpc) is 3.18. The van der Waals surface area contributed by atoms with Gasteiger partial charge in [0.15, 0.2) is 5.82 Å². The van der Waals surface area contributed by atoms with Gasteiger partial charge in [-0.05, 0) is 50.9 Å². The zero-order chi connectivity index (χ0) is 14.7. The highest BCUT2D eigenvalue weighted by Gasteiger charge is 2.36. The van der Waals surface area contributed by atoms with E-state index in [1.54, 1.807) is 0 Å². The fourth-order valence-corrected chi connectivity index (χ4v) is 3.54. The first-order valence-electron chi connectivity index (χ1n) is 8.43. The molecule has 0 amide bonds. The van der Waals surface area contributed by atoms with Crippen molar-refractivity contribution in [1.29, 1.82) is 0 Å². The fourth-order valence-electron chi connectivity index (χ4n) is 3.54. The lowest BCUT2D eigenvalue weighted by molar-refractivity contribution is 0.102. The molecule has 2 heterocycles. The molecule has 1 aliphatic carbocycles. The van der Waals surface area contributed by atoms with Crippen LogP contribution in [0.4, 0.5) is 0 Å². The summed E-state index contributed by atoms with van der Waals surface area (Å²) in [5.41, 5.74) is 6.14. The summed E-state index contributed by atoms with van der Waals surface area (Å²) < 4.78 is 11.0. The first-order chi connectivity index (χ1) is 10.2. The second-order valence-electron chi connectivity index (χ2n) is 6.69. The third-order valence-electron chi connectivity index (χ3n) is 5.19. The molecule has 118 valence electrons. The lowest BCUT2D eigenvalue weighted by Gasteiger charge is -2.34. The van der Waals surface area contributed by atoms with Crippen LogP contribution in [0.25, 0.3) is 0 Å². The van der Waals surface area contributed by atoms with E-state index < -0.39 is 0 Å². The van der Waals surface area contributed by atoms with Crippen molar-refractivity contribution in [3.63, 3.8) is 0 Å². The molecule has 0 spiro atoms. The van der Waals surface area contributed by atoms with E-state index in [0.717, 1.165) is 44.6 Å². The summed E-state index contributed by atoms with van der Waals surface area (Å²) in [6.45, 7) is 3.15. The van der Waals surface area contributed by atoms with Crippen LogP contribution >= 0.6 is 0 Å². The molecule has 5 heteroatoms. The van der Waals surface area contributed by atoms with Gasteiger partial charge in [-0.1, -0.05) is 18.5 Å². The minimum Gasteiger partial charge on any atom is -0.378 e. The Kier molecular flexibility index (Phi) is 4.60. The Morgan fingerprint density at radius 2 is 2.10 bits per heavy atom. The lowest BCUT2D eigenvalue weighted by Crippen LogP contribution is -2.41. The number of nitrogens with zero attached hydrogens (tertiary/aromatic N) is 2. The minimum absolute atomic E-state index is 0.368. The van der Waals surface area contributed by atoms with Gasteiger partial charge < -0.3 is 15.0 Å². The molecule has 0 radical (unpaired) electrons. The van der Waals surface area contributed by atoms with E-state index in [-0.39, 0.29) is 5.54 Å². The minimum atomic E-state index is -0.378. The Hall–Kier alpha value is -0.940. The first kappa shape index (κ1) is 15.0. The van der Waals surface area contributed by atoms with Gasteiger partial charge >= 0.3 is 0 Å². The van der Waals surface area contributed by atoms with Gasteiger partial charge in [-0.2, -0.15) is 4.98 Å². The smallest absolute Gasteiger partial charge is 0.226 e. The maximum absolute atomic E-state index is 6.52. The quantitative estimate of drug-likeness (QED) is 0.903. The number of aromatic nitrogens is 2. The summed E-state index contributed by atoms with van der Waals surface area (Å²) in [6, 6.07) is 0. The largest absolute Gasteiger partial charge is 0.378 e. The standard InChI is InChI=1S/C16H27N3O2/c1-2-12-7-9-16(17,10-8-12)15-18-14(21-19-15)6-5-13-4-3-11-20-13/h12-13H,2-11,17H2,1H3. The number of rotatable bonds is 5. The molecule has 1 aromatic rings. The fraction of sp³-hybridized carbons (Fsp3) is 0.875. The van der Waals surface area contributed by atoms with Gasteiger partial charge in [0.05, 0.1) is 11.6 Å². The summed E-state index contributed by atoms with van der Waals surface area (Å²) in [5, 5.41) is 4.16. The summed E-state index contributed by atoms with van der Waals surface area (Å²) in [4.78, 5) is 4.56. The van der Waals surface area contributed by atoms with Crippen LogP contribution in [-0.2, 0) is 16.7 Å². The SMILES string of the molecule is CCC1CCC(N)(c2noc(CCC3CCCO3)n2)CC1. The molecule has 5 nitrogen and oxygen atoms in total. The van der Waals surface area contributed by atoms with Crippen LogP contribution in [0.2, 0.25) is 0 Å². The van der Waals surface area contributed by atoms with Crippen LogP contribution in [0, 0.1) is 5.92 Å². The van der Waals surface area contributed by atoms with Crippen LogP contribution in [-0.4, -0.2) is 22.9 Å². The van der Waals surface area contributed by atoms with Gasteiger partial charge in [0.1, 0.15) is 0 Å².